The molecule has 2 rings (SSSR count). The fourth-order valence-corrected chi connectivity index (χ4v) is 1.65. The summed E-state index contributed by atoms with van der Waals surface area (Å²) in [6, 6.07) is 11.2. The quantitative estimate of drug-likeness (QED) is 0.728. The maximum absolute atomic E-state index is 13.8. The van der Waals surface area contributed by atoms with Gasteiger partial charge in [-0.05, 0) is 24.6 Å². The van der Waals surface area contributed by atoms with Crippen molar-refractivity contribution in [3.63, 3.8) is 0 Å². The molecule has 0 amide bonds. The minimum absolute atomic E-state index is 0.0103. The van der Waals surface area contributed by atoms with E-state index in [0.717, 1.165) is 5.56 Å². The monoisotopic (exact) mass is 245 g/mol. The first-order valence-corrected chi connectivity index (χ1v) is 5.71. The van der Waals surface area contributed by atoms with Crippen LogP contribution in [0.1, 0.15) is 11.1 Å². The summed E-state index contributed by atoms with van der Waals surface area (Å²) in [5, 5.41) is 3.01. The summed E-state index contributed by atoms with van der Waals surface area (Å²) in [5.41, 5.74) is 13.9. The number of anilines is 3. The van der Waals surface area contributed by atoms with Crippen LogP contribution in [0.25, 0.3) is 0 Å². The molecular weight excluding hydrogens is 229 g/mol. The van der Waals surface area contributed by atoms with Crippen LogP contribution in [0.5, 0.6) is 0 Å². The largest absolute Gasteiger partial charge is 0.397 e. The molecule has 0 bridgehead atoms. The number of rotatable bonds is 3. The van der Waals surface area contributed by atoms with E-state index in [-0.39, 0.29) is 11.4 Å². The zero-order chi connectivity index (χ0) is 13.1. The van der Waals surface area contributed by atoms with Crippen LogP contribution in [0.4, 0.5) is 21.5 Å². The van der Waals surface area contributed by atoms with Gasteiger partial charge < -0.3 is 16.8 Å². The van der Waals surface area contributed by atoms with Crippen molar-refractivity contribution in [3.05, 3.63) is 53.3 Å². The molecule has 0 saturated carbocycles. The highest BCUT2D eigenvalue weighted by Gasteiger charge is 2.08. The third kappa shape index (κ3) is 2.53. The average Bonchev–Trinajstić information content (AvgIpc) is 2.37. The molecule has 0 radical (unpaired) electrons. The molecule has 0 saturated heterocycles. The van der Waals surface area contributed by atoms with Gasteiger partial charge in [-0.25, -0.2) is 4.39 Å². The van der Waals surface area contributed by atoms with Gasteiger partial charge in [0.15, 0.2) is 5.82 Å². The highest BCUT2D eigenvalue weighted by molar-refractivity contribution is 5.70. The van der Waals surface area contributed by atoms with Crippen LogP contribution in [-0.2, 0) is 6.54 Å². The fraction of sp³-hybridized carbons (Fsp3) is 0.143. The van der Waals surface area contributed by atoms with Crippen molar-refractivity contribution in [1.29, 1.82) is 0 Å². The Labute approximate surface area is 106 Å². The highest BCUT2D eigenvalue weighted by Crippen LogP contribution is 2.26. The molecule has 0 fully saturated rings. The number of hydrogen-bond donors (Lipinski definition) is 3. The van der Waals surface area contributed by atoms with E-state index in [4.69, 9.17) is 11.5 Å². The molecule has 5 N–H and O–H groups in total. The van der Waals surface area contributed by atoms with E-state index >= 15 is 0 Å². The number of nitrogens with two attached hydrogens (primary N) is 2. The van der Waals surface area contributed by atoms with Crippen molar-refractivity contribution < 1.29 is 4.39 Å². The second-order valence-electron chi connectivity index (χ2n) is 4.27. The number of aryl methyl sites for hydroxylation is 1. The van der Waals surface area contributed by atoms with E-state index in [1.54, 1.807) is 12.1 Å². The summed E-state index contributed by atoms with van der Waals surface area (Å²) in [4.78, 5) is 0. The molecular formula is C14H16FN3. The van der Waals surface area contributed by atoms with Crippen molar-refractivity contribution in [2.75, 3.05) is 16.8 Å². The SMILES string of the molecule is Cc1ccc(CNc2ccc(N)c(N)c2F)cc1. The molecule has 4 heteroatoms. The van der Waals surface area contributed by atoms with Gasteiger partial charge in [-0.15, -0.1) is 0 Å². The normalized spacial score (nSPS) is 10.3. The lowest BCUT2D eigenvalue weighted by Gasteiger charge is -2.10. The van der Waals surface area contributed by atoms with Crippen LogP contribution in [0.15, 0.2) is 36.4 Å². The second kappa shape index (κ2) is 4.96. The molecule has 0 aliphatic heterocycles. The van der Waals surface area contributed by atoms with E-state index in [1.807, 2.05) is 31.2 Å². The van der Waals surface area contributed by atoms with Crippen LogP contribution in [0, 0.1) is 12.7 Å². The minimum Gasteiger partial charge on any atom is -0.397 e. The summed E-state index contributed by atoms with van der Waals surface area (Å²) >= 11 is 0. The van der Waals surface area contributed by atoms with Gasteiger partial charge in [-0.3, -0.25) is 0 Å². The van der Waals surface area contributed by atoms with E-state index in [9.17, 15) is 4.39 Å². The predicted molar refractivity (Wildman–Crippen MR) is 73.7 cm³/mol. The molecule has 0 aliphatic rings. The van der Waals surface area contributed by atoms with Crippen LogP contribution < -0.4 is 16.8 Å². The molecule has 0 unspecified atom stereocenters. The molecule has 2 aromatic rings. The highest BCUT2D eigenvalue weighted by atomic mass is 19.1. The number of hydrogen-bond acceptors (Lipinski definition) is 3. The lowest BCUT2D eigenvalue weighted by Crippen LogP contribution is -2.05. The maximum Gasteiger partial charge on any atom is 0.171 e. The average molecular weight is 245 g/mol. The zero-order valence-corrected chi connectivity index (χ0v) is 10.2. The molecule has 0 aliphatic carbocycles. The number of nitrogen functional groups attached to an aromatic ring is 2. The van der Waals surface area contributed by atoms with Crippen LogP contribution >= 0.6 is 0 Å². The van der Waals surface area contributed by atoms with Crippen molar-refractivity contribution in [2.45, 2.75) is 13.5 Å². The summed E-state index contributed by atoms with van der Waals surface area (Å²) in [6.45, 7) is 2.57. The van der Waals surface area contributed by atoms with Gasteiger partial charge in [0, 0.05) is 6.54 Å². The van der Waals surface area contributed by atoms with Crippen LogP contribution in [0.2, 0.25) is 0 Å². The lowest BCUT2D eigenvalue weighted by atomic mass is 10.1. The Hall–Kier alpha value is -2.23. The lowest BCUT2D eigenvalue weighted by molar-refractivity contribution is 0.635. The molecule has 0 aromatic heterocycles. The first kappa shape index (κ1) is 12.2. The Bertz CT molecular complexity index is 550. The van der Waals surface area contributed by atoms with Crippen molar-refractivity contribution in [1.82, 2.24) is 0 Å². The molecule has 94 valence electrons. The third-order valence-electron chi connectivity index (χ3n) is 2.82. The van der Waals surface area contributed by atoms with Gasteiger partial charge in [0.2, 0.25) is 0 Å². The Morgan fingerprint density at radius 1 is 1.06 bits per heavy atom. The van der Waals surface area contributed by atoms with Crippen molar-refractivity contribution in [3.8, 4) is 0 Å². The van der Waals surface area contributed by atoms with Gasteiger partial charge in [-0.1, -0.05) is 29.8 Å². The van der Waals surface area contributed by atoms with E-state index in [2.05, 4.69) is 5.32 Å². The minimum atomic E-state index is -0.498. The number of halogens is 1. The van der Waals surface area contributed by atoms with Gasteiger partial charge in [-0.2, -0.15) is 0 Å². The van der Waals surface area contributed by atoms with Gasteiger partial charge in [0.05, 0.1) is 17.1 Å². The van der Waals surface area contributed by atoms with Crippen molar-refractivity contribution >= 4 is 17.1 Å². The third-order valence-corrected chi connectivity index (χ3v) is 2.82. The number of nitrogens with one attached hydrogen (secondary N) is 1. The van der Waals surface area contributed by atoms with Crippen LogP contribution in [-0.4, -0.2) is 0 Å². The Kier molecular flexibility index (Phi) is 3.37. The van der Waals surface area contributed by atoms with Crippen molar-refractivity contribution in [2.24, 2.45) is 0 Å². The molecule has 18 heavy (non-hydrogen) atoms. The fourth-order valence-electron chi connectivity index (χ4n) is 1.65. The van der Waals surface area contributed by atoms with E-state index in [1.165, 1.54) is 5.56 Å². The second-order valence-corrected chi connectivity index (χ2v) is 4.27. The summed E-state index contributed by atoms with van der Waals surface area (Å²) < 4.78 is 13.8. The summed E-state index contributed by atoms with van der Waals surface area (Å²) in [6.07, 6.45) is 0. The number of benzene rings is 2. The summed E-state index contributed by atoms with van der Waals surface area (Å²) in [7, 11) is 0. The predicted octanol–water partition coefficient (Wildman–Crippen LogP) is 2.91. The van der Waals surface area contributed by atoms with E-state index < -0.39 is 5.82 Å². The zero-order valence-electron chi connectivity index (χ0n) is 10.2. The smallest absolute Gasteiger partial charge is 0.171 e. The van der Waals surface area contributed by atoms with Gasteiger partial charge >= 0.3 is 0 Å². The Balaban J connectivity index is 2.11. The standard InChI is InChI=1S/C14H16FN3/c1-9-2-4-10(5-3-9)8-18-12-7-6-11(16)14(17)13(12)15/h2-7,18H,8,16-17H2,1H3. The molecule has 0 atom stereocenters. The topological polar surface area (TPSA) is 64.1 Å². The Morgan fingerprint density at radius 2 is 1.72 bits per heavy atom. The maximum atomic E-state index is 13.8. The van der Waals surface area contributed by atoms with Crippen LogP contribution in [0.3, 0.4) is 0 Å². The summed E-state index contributed by atoms with van der Waals surface area (Å²) in [5.74, 6) is -0.498. The Morgan fingerprint density at radius 3 is 2.39 bits per heavy atom. The molecule has 0 heterocycles. The van der Waals surface area contributed by atoms with Gasteiger partial charge in [0.1, 0.15) is 0 Å². The first-order chi connectivity index (χ1) is 8.58. The molecule has 2 aromatic carbocycles. The van der Waals surface area contributed by atoms with E-state index in [0.29, 0.717) is 12.2 Å². The molecule has 0 spiro atoms. The van der Waals surface area contributed by atoms with Gasteiger partial charge in [0.25, 0.3) is 0 Å². The first-order valence-electron chi connectivity index (χ1n) is 5.71. The molecule has 3 nitrogen and oxygen atoms in total.